The molecule has 1 fully saturated rings. The number of rotatable bonds is 2. The number of hydrogen-bond donors (Lipinski definition) is 0. The molecule has 21 heavy (non-hydrogen) atoms. The predicted molar refractivity (Wildman–Crippen MR) is 83.4 cm³/mol. The third-order valence-electron chi connectivity index (χ3n) is 4.24. The number of thioether (sulfide) groups is 1. The Balaban J connectivity index is 1.64. The van der Waals surface area contributed by atoms with Gasteiger partial charge in [0, 0.05) is 43.2 Å². The first-order chi connectivity index (χ1) is 10.2. The largest absolute Gasteiger partial charge is 0.339 e. The highest BCUT2D eigenvalue weighted by atomic mass is 32.2. The van der Waals surface area contributed by atoms with Gasteiger partial charge in [-0.25, -0.2) is 0 Å². The fraction of sp³-hybridized carbons (Fsp3) is 0.500. The fourth-order valence-electron chi connectivity index (χ4n) is 2.99. The van der Waals surface area contributed by atoms with E-state index in [-0.39, 0.29) is 17.7 Å². The SMILES string of the molecule is CCC(=O)N1CCN(C(=O)[C@H]2CSc3ccccc32)CC1. The van der Waals surface area contributed by atoms with Crippen molar-refractivity contribution in [3.8, 4) is 0 Å². The third-order valence-corrected chi connectivity index (χ3v) is 5.43. The number of benzene rings is 1. The van der Waals surface area contributed by atoms with Crippen LogP contribution in [0, 0.1) is 0 Å². The van der Waals surface area contributed by atoms with Gasteiger partial charge in [-0.15, -0.1) is 11.8 Å². The van der Waals surface area contributed by atoms with Gasteiger partial charge in [0.25, 0.3) is 0 Å². The third kappa shape index (κ3) is 2.79. The molecule has 0 spiro atoms. The quantitative estimate of drug-likeness (QED) is 0.838. The van der Waals surface area contributed by atoms with E-state index in [0.717, 1.165) is 5.75 Å². The Labute approximate surface area is 129 Å². The zero-order valence-corrected chi connectivity index (χ0v) is 13.1. The maximum absolute atomic E-state index is 12.7. The van der Waals surface area contributed by atoms with E-state index in [1.165, 1.54) is 10.5 Å². The van der Waals surface area contributed by atoms with Gasteiger partial charge in [0.15, 0.2) is 0 Å². The zero-order valence-electron chi connectivity index (χ0n) is 12.2. The van der Waals surface area contributed by atoms with Gasteiger partial charge in [-0.3, -0.25) is 9.59 Å². The number of fused-ring (bicyclic) bond motifs is 1. The molecular weight excluding hydrogens is 284 g/mol. The highest BCUT2D eigenvalue weighted by Crippen LogP contribution is 2.40. The van der Waals surface area contributed by atoms with Crippen molar-refractivity contribution < 1.29 is 9.59 Å². The van der Waals surface area contributed by atoms with E-state index < -0.39 is 0 Å². The molecule has 5 heteroatoms. The van der Waals surface area contributed by atoms with Crippen LogP contribution in [-0.2, 0) is 9.59 Å². The molecule has 0 radical (unpaired) electrons. The average molecular weight is 304 g/mol. The van der Waals surface area contributed by atoms with Crippen molar-refractivity contribution >= 4 is 23.6 Å². The van der Waals surface area contributed by atoms with E-state index in [1.807, 2.05) is 28.9 Å². The molecule has 0 bridgehead atoms. The van der Waals surface area contributed by atoms with Crippen LogP contribution in [-0.4, -0.2) is 53.5 Å². The maximum Gasteiger partial charge on any atom is 0.231 e. The van der Waals surface area contributed by atoms with Gasteiger partial charge in [0.05, 0.1) is 5.92 Å². The molecule has 1 aromatic carbocycles. The van der Waals surface area contributed by atoms with Crippen molar-refractivity contribution in [2.24, 2.45) is 0 Å². The Bertz CT molecular complexity index is 553. The minimum atomic E-state index is -0.0142. The molecule has 0 saturated carbocycles. The number of carbonyl (C=O) groups is 2. The van der Waals surface area contributed by atoms with Gasteiger partial charge in [-0.05, 0) is 11.6 Å². The van der Waals surface area contributed by atoms with Gasteiger partial charge in [-0.1, -0.05) is 25.1 Å². The number of carbonyl (C=O) groups excluding carboxylic acids is 2. The first-order valence-corrected chi connectivity index (χ1v) is 8.47. The number of nitrogens with zero attached hydrogens (tertiary/aromatic N) is 2. The molecule has 2 aliphatic heterocycles. The summed E-state index contributed by atoms with van der Waals surface area (Å²) in [6.07, 6.45) is 0.542. The Morgan fingerprint density at radius 2 is 1.81 bits per heavy atom. The smallest absolute Gasteiger partial charge is 0.231 e. The molecular formula is C16H20N2O2S. The van der Waals surface area contributed by atoms with Crippen molar-refractivity contribution in [1.29, 1.82) is 0 Å². The highest BCUT2D eigenvalue weighted by molar-refractivity contribution is 7.99. The summed E-state index contributed by atoms with van der Waals surface area (Å²) in [6.45, 7) is 4.54. The Morgan fingerprint density at radius 3 is 2.52 bits per heavy atom. The lowest BCUT2D eigenvalue weighted by atomic mass is 9.99. The van der Waals surface area contributed by atoms with Crippen LogP contribution in [0.1, 0.15) is 24.8 Å². The first-order valence-electron chi connectivity index (χ1n) is 7.49. The predicted octanol–water partition coefficient (Wildman–Crippen LogP) is 1.96. The summed E-state index contributed by atoms with van der Waals surface area (Å²) in [5, 5.41) is 0. The molecule has 0 unspecified atom stereocenters. The second-order valence-corrected chi connectivity index (χ2v) is 6.52. The molecule has 0 N–H and O–H groups in total. The van der Waals surface area contributed by atoms with Crippen LogP contribution in [0.5, 0.6) is 0 Å². The molecule has 2 amide bonds. The summed E-state index contributed by atoms with van der Waals surface area (Å²) < 4.78 is 0. The Hall–Kier alpha value is -1.49. The molecule has 2 aliphatic rings. The van der Waals surface area contributed by atoms with Crippen LogP contribution < -0.4 is 0 Å². The fourth-order valence-corrected chi connectivity index (χ4v) is 4.21. The standard InChI is InChI=1S/C16H20N2O2S/c1-2-15(19)17-7-9-18(10-8-17)16(20)13-11-21-14-6-4-3-5-12(13)14/h3-6,13H,2,7-11H2,1H3/t13-/m0/s1. The summed E-state index contributed by atoms with van der Waals surface area (Å²) >= 11 is 1.77. The molecule has 2 heterocycles. The van der Waals surface area contributed by atoms with Crippen LogP contribution in [0.2, 0.25) is 0 Å². The molecule has 1 saturated heterocycles. The van der Waals surface area contributed by atoms with Crippen LogP contribution in [0.3, 0.4) is 0 Å². The number of piperazine rings is 1. The van der Waals surface area contributed by atoms with Crippen molar-refractivity contribution in [3.63, 3.8) is 0 Å². The summed E-state index contributed by atoms with van der Waals surface area (Å²) in [6, 6.07) is 8.18. The number of amides is 2. The highest BCUT2D eigenvalue weighted by Gasteiger charge is 2.33. The van der Waals surface area contributed by atoms with Crippen LogP contribution in [0.4, 0.5) is 0 Å². The van der Waals surface area contributed by atoms with Crippen LogP contribution in [0.15, 0.2) is 29.2 Å². The lowest BCUT2D eigenvalue weighted by Crippen LogP contribution is -2.51. The van der Waals surface area contributed by atoms with Crippen LogP contribution >= 0.6 is 11.8 Å². The molecule has 112 valence electrons. The van der Waals surface area contributed by atoms with Gasteiger partial charge in [0.1, 0.15) is 0 Å². The zero-order chi connectivity index (χ0) is 14.8. The van der Waals surface area contributed by atoms with Gasteiger partial charge in [0.2, 0.25) is 11.8 Å². The topological polar surface area (TPSA) is 40.6 Å². The lowest BCUT2D eigenvalue weighted by Gasteiger charge is -2.36. The molecule has 3 rings (SSSR count). The Morgan fingerprint density at radius 1 is 1.14 bits per heavy atom. The molecule has 1 aromatic rings. The maximum atomic E-state index is 12.7. The lowest BCUT2D eigenvalue weighted by molar-refractivity contribution is -0.140. The van der Waals surface area contributed by atoms with Crippen molar-refractivity contribution in [2.75, 3.05) is 31.9 Å². The van der Waals surface area contributed by atoms with Gasteiger partial charge < -0.3 is 9.80 Å². The molecule has 0 aliphatic carbocycles. The van der Waals surface area contributed by atoms with Gasteiger partial charge >= 0.3 is 0 Å². The average Bonchev–Trinajstić information content (AvgIpc) is 2.97. The molecule has 4 nitrogen and oxygen atoms in total. The van der Waals surface area contributed by atoms with Crippen molar-refractivity contribution in [2.45, 2.75) is 24.2 Å². The van der Waals surface area contributed by atoms with E-state index in [1.54, 1.807) is 11.8 Å². The van der Waals surface area contributed by atoms with E-state index in [2.05, 4.69) is 12.1 Å². The normalized spacial score (nSPS) is 21.3. The second kappa shape index (κ2) is 6.10. The summed E-state index contributed by atoms with van der Waals surface area (Å²) in [4.78, 5) is 29.4. The summed E-state index contributed by atoms with van der Waals surface area (Å²) in [5.41, 5.74) is 1.17. The minimum absolute atomic E-state index is 0.0142. The summed E-state index contributed by atoms with van der Waals surface area (Å²) in [5.74, 6) is 1.23. The minimum Gasteiger partial charge on any atom is -0.339 e. The number of hydrogen-bond acceptors (Lipinski definition) is 3. The summed E-state index contributed by atoms with van der Waals surface area (Å²) in [7, 11) is 0. The van der Waals surface area contributed by atoms with E-state index in [9.17, 15) is 9.59 Å². The van der Waals surface area contributed by atoms with Gasteiger partial charge in [-0.2, -0.15) is 0 Å². The second-order valence-electron chi connectivity index (χ2n) is 5.46. The molecule has 1 atom stereocenters. The Kier molecular flexibility index (Phi) is 4.19. The van der Waals surface area contributed by atoms with E-state index in [4.69, 9.17) is 0 Å². The monoisotopic (exact) mass is 304 g/mol. The van der Waals surface area contributed by atoms with E-state index in [0.29, 0.717) is 32.6 Å². The molecule has 0 aromatic heterocycles. The van der Waals surface area contributed by atoms with Crippen molar-refractivity contribution in [1.82, 2.24) is 9.80 Å². The van der Waals surface area contributed by atoms with Crippen LogP contribution in [0.25, 0.3) is 0 Å². The van der Waals surface area contributed by atoms with E-state index >= 15 is 0 Å². The first kappa shape index (κ1) is 14.4. The van der Waals surface area contributed by atoms with Crippen molar-refractivity contribution in [3.05, 3.63) is 29.8 Å².